The monoisotopic (exact) mass is 191 g/mol. The highest BCUT2D eigenvalue weighted by Gasteiger charge is 2.06. The number of aromatic nitrogens is 2. The fourth-order valence-electron chi connectivity index (χ4n) is 1.34. The maximum atomic E-state index is 13.0. The van der Waals surface area contributed by atoms with Gasteiger partial charge in [-0.05, 0) is 6.07 Å². The zero-order chi connectivity index (χ0) is 10.1. The third kappa shape index (κ3) is 1.20. The van der Waals surface area contributed by atoms with Crippen molar-refractivity contribution in [1.29, 1.82) is 0 Å². The van der Waals surface area contributed by atoms with Crippen LogP contribution in [0.3, 0.4) is 0 Å². The molecule has 0 saturated carbocycles. The van der Waals surface area contributed by atoms with E-state index >= 15 is 0 Å². The molecule has 2 rings (SSSR count). The number of rotatable bonds is 1. The summed E-state index contributed by atoms with van der Waals surface area (Å²) < 4.78 is 14.6. The van der Waals surface area contributed by atoms with Crippen molar-refractivity contribution in [2.24, 2.45) is 12.0 Å². The number of aliphatic imine (C=N–C) groups is 1. The summed E-state index contributed by atoms with van der Waals surface area (Å²) >= 11 is 0. The lowest BCUT2D eigenvalue weighted by molar-refractivity contribution is 0.565. The third-order valence-corrected chi connectivity index (χ3v) is 1.98. The van der Waals surface area contributed by atoms with Crippen molar-refractivity contribution in [2.45, 2.75) is 0 Å². The molecule has 14 heavy (non-hydrogen) atoms. The molecule has 1 heterocycles. The normalized spacial score (nSPS) is 10.1. The van der Waals surface area contributed by atoms with Crippen molar-refractivity contribution in [3.8, 4) is 0 Å². The molecule has 0 amide bonds. The van der Waals surface area contributed by atoms with Crippen molar-refractivity contribution in [1.82, 2.24) is 9.78 Å². The maximum Gasteiger partial charge on any atom is 0.240 e. The summed E-state index contributed by atoms with van der Waals surface area (Å²) in [4.78, 5) is 13.5. The fourth-order valence-corrected chi connectivity index (χ4v) is 1.34. The van der Waals surface area contributed by atoms with Gasteiger partial charge in [-0.2, -0.15) is 10.1 Å². The number of aryl methyl sites for hydroxylation is 1. The highest BCUT2D eigenvalue weighted by atomic mass is 19.1. The van der Waals surface area contributed by atoms with Gasteiger partial charge in [-0.25, -0.2) is 9.18 Å². The highest BCUT2D eigenvalue weighted by molar-refractivity contribution is 5.90. The van der Waals surface area contributed by atoms with Crippen molar-refractivity contribution >= 4 is 22.7 Å². The molecule has 0 bridgehead atoms. The number of fused-ring (bicyclic) bond motifs is 1. The van der Waals surface area contributed by atoms with Crippen LogP contribution in [0.1, 0.15) is 0 Å². The molecule has 5 heteroatoms. The van der Waals surface area contributed by atoms with E-state index < -0.39 is 5.82 Å². The van der Waals surface area contributed by atoms with Crippen LogP contribution in [0.5, 0.6) is 0 Å². The zero-order valence-corrected chi connectivity index (χ0v) is 7.36. The van der Waals surface area contributed by atoms with Gasteiger partial charge in [-0.3, -0.25) is 4.68 Å². The molecule has 0 aliphatic heterocycles. The van der Waals surface area contributed by atoms with Crippen LogP contribution in [0.2, 0.25) is 0 Å². The first-order valence-corrected chi connectivity index (χ1v) is 3.91. The van der Waals surface area contributed by atoms with Gasteiger partial charge in [0.1, 0.15) is 5.82 Å². The summed E-state index contributed by atoms with van der Waals surface area (Å²) in [6.45, 7) is 0. The van der Waals surface area contributed by atoms with Gasteiger partial charge < -0.3 is 0 Å². The van der Waals surface area contributed by atoms with E-state index in [-0.39, 0.29) is 5.69 Å². The van der Waals surface area contributed by atoms with Gasteiger partial charge in [0.15, 0.2) is 0 Å². The summed E-state index contributed by atoms with van der Waals surface area (Å²) in [6, 6.07) is 2.51. The van der Waals surface area contributed by atoms with Crippen LogP contribution in [-0.2, 0) is 11.8 Å². The van der Waals surface area contributed by atoms with Crippen LogP contribution < -0.4 is 0 Å². The van der Waals surface area contributed by atoms with Gasteiger partial charge in [0.05, 0.1) is 17.4 Å². The van der Waals surface area contributed by atoms with E-state index in [9.17, 15) is 9.18 Å². The van der Waals surface area contributed by atoms with Crippen LogP contribution in [0.4, 0.5) is 10.1 Å². The second-order valence-corrected chi connectivity index (χ2v) is 2.83. The van der Waals surface area contributed by atoms with Crippen molar-refractivity contribution < 1.29 is 9.18 Å². The molecule has 0 fully saturated rings. The number of hydrogen-bond acceptors (Lipinski definition) is 3. The van der Waals surface area contributed by atoms with Crippen LogP contribution in [0.25, 0.3) is 10.9 Å². The number of halogens is 1. The lowest BCUT2D eigenvalue weighted by atomic mass is 10.2. The average Bonchev–Trinajstić information content (AvgIpc) is 2.49. The molecule has 70 valence electrons. The number of nitrogens with zero attached hydrogens (tertiary/aromatic N) is 3. The quantitative estimate of drug-likeness (QED) is 0.508. The molecule has 0 unspecified atom stereocenters. The number of benzene rings is 1. The standard InChI is InChI=1S/C9H6FN3O/c1-13-9-3-6(10)2-8(11-5-14)7(9)4-12-13/h2-4H,1H3. The predicted molar refractivity (Wildman–Crippen MR) is 48.5 cm³/mol. The maximum absolute atomic E-state index is 13.0. The minimum atomic E-state index is -0.449. The van der Waals surface area contributed by atoms with Crippen LogP contribution >= 0.6 is 0 Å². The topological polar surface area (TPSA) is 47.2 Å². The summed E-state index contributed by atoms with van der Waals surface area (Å²) in [5.74, 6) is -0.449. The molecule has 2 aromatic rings. The molecule has 1 aromatic heterocycles. The third-order valence-electron chi connectivity index (χ3n) is 1.98. The highest BCUT2D eigenvalue weighted by Crippen LogP contribution is 2.26. The second kappa shape index (κ2) is 3.05. The van der Waals surface area contributed by atoms with Gasteiger partial charge >= 0.3 is 0 Å². The molecular formula is C9H6FN3O. The molecule has 0 aliphatic rings. The minimum Gasteiger partial charge on any atom is -0.268 e. The molecule has 0 N–H and O–H groups in total. The molecule has 0 spiro atoms. The van der Waals surface area contributed by atoms with E-state index in [1.54, 1.807) is 7.05 Å². The molecule has 4 nitrogen and oxygen atoms in total. The van der Waals surface area contributed by atoms with E-state index in [0.717, 1.165) is 0 Å². The molecule has 0 aliphatic carbocycles. The Labute approximate surface area is 78.7 Å². The second-order valence-electron chi connectivity index (χ2n) is 2.83. The average molecular weight is 191 g/mol. The Morgan fingerprint density at radius 1 is 1.57 bits per heavy atom. The van der Waals surface area contributed by atoms with E-state index in [2.05, 4.69) is 10.1 Å². The zero-order valence-electron chi connectivity index (χ0n) is 7.36. The van der Waals surface area contributed by atoms with Crippen LogP contribution in [0, 0.1) is 5.82 Å². The van der Waals surface area contributed by atoms with Gasteiger partial charge in [0.25, 0.3) is 0 Å². The Bertz CT molecular complexity index is 540. The lowest BCUT2D eigenvalue weighted by Gasteiger charge is -1.96. The van der Waals surface area contributed by atoms with E-state index in [4.69, 9.17) is 0 Å². The van der Waals surface area contributed by atoms with Gasteiger partial charge in [0.2, 0.25) is 6.08 Å². The van der Waals surface area contributed by atoms with E-state index in [1.807, 2.05) is 0 Å². The van der Waals surface area contributed by atoms with E-state index in [1.165, 1.54) is 29.1 Å². The van der Waals surface area contributed by atoms with Gasteiger partial charge in [-0.15, -0.1) is 0 Å². The van der Waals surface area contributed by atoms with Crippen LogP contribution in [-0.4, -0.2) is 15.9 Å². The van der Waals surface area contributed by atoms with Crippen LogP contribution in [0.15, 0.2) is 23.3 Å². The Balaban J connectivity index is 2.88. The van der Waals surface area contributed by atoms with Crippen molar-refractivity contribution in [3.63, 3.8) is 0 Å². The Morgan fingerprint density at radius 2 is 2.36 bits per heavy atom. The Morgan fingerprint density at radius 3 is 3.07 bits per heavy atom. The Kier molecular flexibility index (Phi) is 1.87. The summed E-state index contributed by atoms with van der Waals surface area (Å²) in [7, 11) is 1.69. The summed E-state index contributed by atoms with van der Waals surface area (Å²) in [5.41, 5.74) is 0.849. The van der Waals surface area contributed by atoms with Crippen molar-refractivity contribution in [3.05, 3.63) is 24.1 Å². The largest absolute Gasteiger partial charge is 0.268 e. The fraction of sp³-hybridized carbons (Fsp3) is 0.111. The van der Waals surface area contributed by atoms with Gasteiger partial charge in [0, 0.05) is 18.5 Å². The van der Waals surface area contributed by atoms with Crippen molar-refractivity contribution in [2.75, 3.05) is 0 Å². The molecular weight excluding hydrogens is 185 g/mol. The smallest absolute Gasteiger partial charge is 0.240 e. The predicted octanol–water partition coefficient (Wildman–Crippen LogP) is 1.68. The first kappa shape index (κ1) is 8.59. The molecule has 0 radical (unpaired) electrons. The summed E-state index contributed by atoms with van der Waals surface area (Å²) in [6.07, 6.45) is 2.92. The number of carbonyl (C=O) groups excluding carboxylic acids is 1. The number of hydrogen-bond donors (Lipinski definition) is 0. The first-order valence-electron chi connectivity index (χ1n) is 3.91. The van der Waals surface area contributed by atoms with E-state index in [0.29, 0.717) is 10.9 Å². The number of isocyanates is 1. The summed E-state index contributed by atoms with van der Waals surface area (Å²) in [5, 5.41) is 4.58. The SMILES string of the molecule is Cn1ncc2c(N=C=O)cc(F)cc21. The molecule has 0 atom stereocenters. The van der Waals surface area contributed by atoms with Gasteiger partial charge in [-0.1, -0.05) is 0 Å². The Hall–Kier alpha value is -2.00. The molecule has 1 aromatic carbocycles. The first-order chi connectivity index (χ1) is 6.72. The lowest BCUT2D eigenvalue weighted by Crippen LogP contribution is -1.89. The molecule has 0 saturated heterocycles. The minimum absolute atomic E-state index is 0.253.